The van der Waals surface area contributed by atoms with Crippen molar-refractivity contribution < 1.29 is 4.74 Å². The molecule has 1 aliphatic rings. The van der Waals surface area contributed by atoms with Crippen LogP contribution in [0.2, 0.25) is 0 Å². The molecule has 1 aliphatic carbocycles. The third-order valence-electron chi connectivity index (χ3n) is 4.33. The number of aromatic nitrogens is 6. The third kappa shape index (κ3) is 1.96. The molecule has 0 aliphatic heterocycles. The van der Waals surface area contributed by atoms with Gasteiger partial charge in [0.2, 0.25) is 10.8 Å². The molecular weight excluding hydrogens is 324 g/mol. The number of H-pyrrole nitrogens is 1. The molecule has 3 heterocycles. The van der Waals surface area contributed by atoms with Gasteiger partial charge in [-0.2, -0.15) is 14.7 Å². The lowest BCUT2D eigenvalue weighted by molar-refractivity contribution is 0.415. The van der Waals surface area contributed by atoms with Gasteiger partial charge in [0, 0.05) is 16.8 Å². The summed E-state index contributed by atoms with van der Waals surface area (Å²) in [4.78, 5) is 0.762. The number of methoxy groups -OCH3 is 1. The summed E-state index contributed by atoms with van der Waals surface area (Å²) in [5.41, 5.74) is 4.34. The van der Waals surface area contributed by atoms with Crippen molar-refractivity contribution in [1.82, 2.24) is 30.0 Å². The Balaban J connectivity index is 1.63. The molecule has 4 aromatic rings. The van der Waals surface area contributed by atoms with Crippen LogP contribution in [0.1, 0.15) is 17.7 Å². The fraction of sp³-hybridized carbons (Fsp3) is 0.250. The number of rotatable bonds is 3. The van der Waals surface area contributed by atoms with Gasteiger partial charge in [0.15, 0.2) is 0 Å². The van der Waals surface area contributed by atoms with Gasteiger partial charge < -0.3 is 4.74 Å². The van der Waals surface area contributed by atoms with E-state index in [1.54, 1.807) is 11.6 Å². The molecule has 5 rings (SSSR count). The number of hydrogen-bond acceptors (Lipinski definition) is 6. The maximum absolute atomic E-state index is 5.29. The third-order valence-corrected chi connectivity index (χ3v) is 5.27. The molecule has 3 aromatic heterocycles. The Morgan fingerprint density at radius 3 is 3.12 bits per heavy atom. The number of nitrogens with one attached hydrogen (secondary N) is 1. The molecule has 24 heavy (non-hydrogen) atoms. The Morgan fingerprint density at radius 2 is 2.21 bits per heavy atom. The standard InChI is InChI=1S/C16H14N6OS/c1-23-10-5-2-4-9(8-10)15-21-22-14(19-20-16(22)24-15)13-11-6-3-7-12(11)17-18-13/h2,4-5,8H,3,6-7H2,1H3,(H,17,18). The highest BCUT2D eigenvalue weighted by atomic mass is 32.1. The van der Waals surface area contributed by atoms with Crippen LogP contribution in [0.25, 0.3) is 27.1 Å². The van der Waals surface area contributed by atoms with Crippen molar-refractivity contribution in [2.24, 2.45) is 0 Å². The van der Waals surface area contributed by atoms with Gasteiger partial charge >= 0.3 is 0 Å². The van der Waals surface area contributed by atoms with E-state index in [9.17, 15) is 0 Å². The van der Waals surface area contributed by atoms with Gasteiger partial charge in [-0.25, -0.2) is 0 Å². The molecule has 0 radical (unpaired) electrons. The number of nitrogens with zero attached hydrogens (tertiary/aromatic N) is 5. The molecule has 0 amide bonds. The zero-order valence-corrected chi connectivity index (χ0v) is 13.8. The molecule has 7 nitrogen and oxygen atoms in total. The highest BCUT2D eigenvalue weighted by Crippen LogP contribution is 2.32. The van der Waals surface area contributed by atoms with Crippen LogP contribution in [0.4, 0.5) is 0 Å². The van der Waals surface area contributed by atoms with Crippen LogP contribution in [0.5, 0.6) is 5.75 Å². The molecule has 0 bridgehead atoms. The Morgan fingerprint density at radius 1 is 1.25 bits per heavy atom. The van der Waals surface area contributed by atoms with Crippen molar-refractivity contribution in [2.75, 3.05) is 7.11 Å². The van der Waals surface area contributed by atoms with Crippen LogP contribution in [-0.4, -0.2) is 37.1 Å². The molecule has 1 N–H and O–H groups in total. The minimum absolute atomic E-state index is 0.704. The molecule has 0 unspecified atom stereocenters. The summed E-state index contributed by atoms with van der Waals surface area (Å²) in [5.74, 6) is 1.51. The predicted octanol–water partition coefficient (Wildman–Crippen LogP) is 2.74. The fourth-order valence-electron chi connectivity index (χ4n) is 3.14. The zero-order valence-electron chi connectivity index (χ0n) is 13.0. The van der Waals surface area contributed by atoms with Crippen molar-refractivity contribution in [2.45, 2.75) is 19.3 Å². The lowest BCUT2D eigenvalue weighted by Crippen LogP contribution is -1.94. The van der Waals surface area contributed by atoms with Crippen molar-refractivity contribution in [3.8, 4) is 27.8 Å². The number of fused-ring (bicyclic) bond motifs is 2. The first-order valence-corrected chi connectivity index (χ1v) is 8.58. The smallest absolute Gasteiger partial charge is 0.235 e. The second-order valence-electron chi connectivity index (χ2n) is 5.74. The number of aryl methyl sites for hydroxylation is 1. The summed E-state index contributed by atoms with van der Waals surface area (Å²) >= 11 is 1.51. The first-order valence-electron chi connectivity index (χ1n) is 7.76. The lowest BCUT2D eigenvalue weighted by atomic mass is 10.2. The van der Waals surface area contributed by atoms with Crippen LogP contribution in [-0.2, 0) is 12.8 Å². The minimum atomic E-state index is 0.704. The average molecular weight is 338 g/mol. The second kappa shape index (κ2) is 5.13. The fourth-order valence-corrected chi connectivity index (χ4v) is 3.98. The highest BCUT2D eigenvalue weighted by Gasteiger charge is 2.24. The van der Waals surface area contributed by atoms with Crippen LogP contribution in [0.3, 0.4) is 0 Å². The molecule has 1 aromatic carbocycles. The van der Waals surface area contributed by atoms with E-state index < -0.39 is 0 Å². The lowest BCUT2D eigenvalue weighted by Gasteiger charge is -2.00. The van der Waals surface area contributed by atoms with E-state index in [0.29, 0.717) is 5.82 Å². The zero-order chi connectivity index (χ0) is 16.1. The molecule has 8 heteroatoms. The maximum Gasteiger partial charge on any atom is 0.235 e. The molecule has 0 saturated carbocycles. The van der Waals surface area contributed by atoms with Crippen molar-refractivity contribution in [3.05, 3.63) is 35.5 Å². The highest BCUT2D eigenvalue weighted by molar-refractivity contribution is 7.19. The van der Waals surface area contributed by atoms with Crippen LogP contribution < -0.4 is 4.74 Å². The Kier molecular flexibility index (Phi) is 2.93. The predicted molar refractivity (Wildman–Crippen MR) is 90.3 cm³/mol. The first-order chi connectivity index (χ1) is 11.8. The van der Waals surface area contributed by atoms with Gasteiger partial charge in [-0.05, 0) is 31.4 Å². The van der Waals surface area contributed by atoms with Gasteiger partial charge in [-0.1, -0.05) is 23.5 Å². The molecule has 0 atom stereocenters. The minimum Gasteiger partial charge on any atom is -0.497 e. The largest absolute Gasteiger partial charge is 0.497 e. The topological polar surface area (TPSA) is 81.0 Å². The summed E-state index contributed by atoms with van der Waals surface area (Å²) in [7, 11) is 1.66. The van der Waals surface area contributed by atoms with Crippen molar-refractivity contribution >= 4 is 16.3 Å². The summed E-state index contributed by atoms with van der Waals surface area (Å²) < 4.78 is 7.08. The van der Waals surface area contributed by atoms with Crippen molar-refractivity contribution in [1.29, 1.82) is 0 Å². The molecule has 0 spiro atoms. The van der Waals surface area contributed by atoms with Crippen LogP contribution in [0, 0.1) is 0 Å². The quantitative estimate of drug-likeness (QED) is 0.621. The molecule has 0 saturated heterocycles. The van der Waals surface area contributed by atoms with E-state index in [1.807, 2.05) is 24.3 Å². The van der Waals surface area contributed by atoms with E-state index in [2.05, 4.69) is 20.4 Å². The Labute approximate surface area is 141 Å². The molecule has 0 fully saturated rings. The van der Waals surface area contributed by atoms with E-state index >= 15 is 0 Å². The summed E-state index contributed by atoms with van der Waals surface area (Å²) in [6.07, 6.45) is 3.24. The van der Waals surface area contributed by atoms with Crippen molar-refractivity contribution in [3.63, 3.8) is 0 Å². The van der Waals surface area contributed by atoms with E-state index in [4.69, 9.17) is 9.84 Å². The van der Waals surface area contributed by atoms with Gasteiger partial charge in [-0.3, -0.25) is 5.10 Å². The Hall–Kier alpha value is -2.74. The van der Waals surface area contributed by atoms with E-state index in [0.717, 1.165) is 46.2 Å². The molecular formula is C16H14N6OS. The normalized spacial score (nSPS) is 13.5. The summed E-state index contributed by atoms with van der Waals surface area (Å²) in [6.45, 7) is 0. The van der Waals surface area contributed by atoms with E-state index in [-0.39, 0.29) is 0 Å². The van der Waals surface area contributed by atoms with E-state index in [1.165, 1.54) is 22.6 Å². The number of hydrogen-bond donors (Lipinski definition) is 1. The van der Waals surface area contributed by atoms with Gasteiger partial charge in [0.25, 0.3) is 0 Å². The Bertz CT molecular complexity index is 1050. The molecule has 120 valence electrons. The average Bonchev–Trinajstić information content (AvgIpc) is 3.35. The second-order valence-corrected chi connectivity index (χ2v) is 6.70. The van der Waals surface area contributed by atoms with Gasteiger partial charge in [-0.15, -0.1) is 10.2 Å². The SMILES string of the molecule is COc1cccc(-c2nn3c(-c4n[nH]c5c4CCC5)nnc3s2)c1. The van der Waals surface area contributed by atoms with Gasteiger partial charge in [0.05, 0.1) is 7.11 Å². The summed E-state index contributed by atoms with van der Waals surface area (Å²) in [5, 5.41) is 21.7. The van der Waals surface area contributed by atoms with Gasteiger partial charge in [0.1, 0.15) is 16.5 Å². The summed E-state index contributed by atoms with van der Waals surface area (Å²) in [6, 6.07) is 7.86. The maximum atomic E-state index is 5.29. The monoisotopic (exact) mass is 338 g/mol. The number of ether oxygens (including phenoxy) is 1. The number of aromatic amines is 1. The number of benzene rings is 1. The first kappa shape index (κ1) is 13.7. The van der Waals surface area contributed by atoms with Crippen LogP contribution in [0.15, 0.2) is 24.3 Å². The van der Waals surface area contributed by atoms with Crippen LogP contribution >= 0.6 is 11.3 Å².